The molecule has 1 heterocycles. The van der Waals surface area contributed by atoms with Crippen LogP contribution in [0.25, 0.3) is 0 Å². The van der Waals surface area contributed by atoms with Crippen LogP contribution in [0, 0.1) is 0 Å². The fourth-order valence-corrected chi connectivity index (χ4v) is 3.62. The summed E-state index contributed by atoms with van der Waals surface area (Å²) in [5.41, 5.74) is 5.68. The Labute approximate surface area is 165 Å². The molecule has 0 aromatic rings. The predicted molar refractivity (Wildman–Crippen MR) is 111 cm³/mol. The van der Waals surface area contributed by atoms with Crippen molar-refractivity contribution in [3.8, 4) is 0 Å². The number of carbonyl (C=O) groups is 1. The highest BCUT2D eigenvalue weighted by molar-refractivity contribution is 5.80. The van der Waals surface area contributed by atoms with Gasteiger partial charge < -0.3 is 15.6 Å². The van der Waals surface area contributed by atoms with Gasteiger partial charge >= 0.3 is 0 Å². The number of aliphatic carboxylic acids is 1. The molecule has 1 aliphatic heterocycles. The molecule has 2 N–H and O–H groups in total. The van der Waals surface area contributed by atoms with Crippen molar-refractivity contribution in [2.24, 2.45) is 10.7 Å². The first-order chi connectivity index (χ1) is 13.1. The van der Waals surface area contributed by atoms with Crippen molar-refractivity contribution in [3.05, 3.63) is 24.6 Å². The van der Waals surface area contributed by atoms with Crippen molar-refractivity contribution in [1.82, 2.24) is 0 Å². The summed E-state index contributed by atoms with van der Waals surface area (Å²) < 4.78 is 0.236. The number of nitrogens with zero attached hydrogens (tertiary/aromatic N) is 2. The third-order valence-corrected chi connectivity index (χ3v) is 5.19. The Morgan fingerprint density at radius 2 is 1.70 bits per heavy atom. The number of nitrogens with two attached hydrogens (primary N) is 1. The topological polar surface area (TPSA) is 78.5 Å². The van der Waals surface area contributed by atoms with E-state index >= 15 is 0 Å². The van der Waals surface area contributed by atoms with E-state index in [1.165, 1.54) is 51.4 Å². The summed E-state index contributed by atoms with van der Waals surface area (Å²) in [7, 11) is 0. The Balaban J connectivity index is 2.11. The second-order valence-electron chi connectivity index (χ2n) is 7.55. The number of carboxylic acid groups (broad SMARTS) is 1. The molecule has 0 fully saturated rings. The molecule has 5 nitrogen and oxygen atoms in total. The van der Waals surface area contributed by atoms with E-state index < -0.39 is 5.97 Å². The normalized spacial score (nSPS) is 19.1. The number of aliphatic imine (C=N–C) groups is 1. The van der Waals surface area contributed by atoms with Gasteiger partial charge in [-0.3, -0.25) is 0 Å². The maximum atomic E-state index is 11.1. The highest BCUT2D eigenvalue weighted by Crippen LogP contribution is 2.20. The first-order valence-corrected chi connectivity index (χ1v) is 10.8. The zero-order chi connectivity index (χ0) is 19.8. The van der Waals surface area contributed by atoms with Crippen LogP contribution in [0.1, 0.15) is 84.0 Å². The van der Waals surface area contributed by atoms with Crippen LogP contribution >= 0.6 is 0 Å². The predicted octanol–water partition coefficient (Wildman–Crippen LogP) is 3.65. The third-order valence-electron chi connectivity index (χ3n) is 5.19. The Bertz CT molecular complexity index is 500. The zero-order valence-corrected chi connectivity index (χ0v) is 17.2. The van der Waals surface area contributed by atoms with Crippen LogP contribution in [0.5, 0.6) is 0 Å². The van der Waals surface area contributed by atoms with Gasteiger partial charge in [-0.05, 0) is 32.1 Å². The van der Waals surface area contributed by atoms with E-state index in [1.54, 1.807) is 6.20 Å². The lowest BCUT2D eigenvalue weighted by Crippen LogP contribution is -2.55. The van der Waals surface area contributed by atoms with Gasteiger partial charge in [-0.2, -0.15) is 0 Å². The second-order valence-corrected chi connectivity index (χ2v) is 7.55. The molecule has 0 saturated heterocycles. The lowest BCUT2D eigenvalue weighted by Gasteiger charge is -2.32. The van der Waals surface area contributed by atoms with Crippen molar-refractivity contribution in [1.29, 1.82) is 0 Å². The summed E-state index contributed by atoms with van der Waals surface area (Å²) >= 11 is 0. The fraction of sp³-hybridized carbons (Fsp3) is 0.727. The summed E-state index contributed by atoms with van der Waals surface area (Å²) in [5, 5.41) is 11.1. The van der Waals surface area contributed by atoms with E-state index in [-0.39, 0.29) is 11.0 Å². The number of rotatable bonds is 17. The largest absolute Gasteiger partial charge is 0.544 e. The Hall–Kier alpha value is -1.46. The van der Waals surface area contributed by atoms with E-state index in [1.807, 2.05) is 6.20 Å². The highest BCUT2D eigenvalue weighted by atomic mass is 16.4. The molecular weight excluding hydrogens is 338 g/mol. The molecule has 0 aliphatic carbocycles. The average Bonchev–Trinajstić information content (AvgIpc) is 3.00. The standard InChI is InChI=1S/C22H39N3O2/c1-2-3-4-5-6-7-8-9-10-11-12-13-14-15-21-24-17-19-25(21,18-16-23)20-22(26)27/h8-9,17,19H,2-7,10-16,18,20,23H2,1H3/b9-8+. The van der Waals surface area contributed by atoms with Crippen LogP contribution in [-0.2, 0) is 4.79 Å². The van der Waals surface area contributed by atoms with Crippen molar-refractivity contribution < 1.29 is 14.4 Å². The van der Waals surface area contributed by atoms with Crippen LogP contribution in [0.3, 0.4) is 0 Å². The van der Waals surface area contributed by atoms with Gasteiger partial charge in [0.15, 0.2) is 0 Å². The minimum Gasteiger partial charge on any atom is -0.544 e. The SMILES string of the molecule is CCCCCCC/C=C/CCCCCCC1=NC=C[N+]1(CCN)CC(=O)[O-]. The molecule has 0 aromatic carbocycles. The van der Waals surface area contributed by atoms with Crippen molar-refractivity contribution >= 4 is 11.8 Å². The van der Waals surface area contributed by atoms with Gasteiger partial charge in [0.05, 0.1) is 12.2 Å². The Morgan fingerprint density at radius 3 is 2.30 bits per heavy atom. The second kappa shape index (κ2) is 14.6. The highest BCUT2D eigenvalue weighted by Gasteiger charge is 2.34. The summed E-state index contributed by atoms with van der Waals surface area (Å²) in [6, 6.07) is 0. The number of quaternary nitrogens is 1. The van der Waals surface area contributed by atoms with Gasteiger partial charge in [0.25, 0.3) is 0 Å². The molecule has 1 unspecified atom stereocenters. The lowest BCUT2D eigenvalue weighted by molar-refractivity contribution is -0.780. The van der Waals surface area contributed by atoms with E-state index in [9.17, 15) is 9.90 Å². The van der Waals surface area contributed by atoms with Gasteiger partial charge in [-0.25, -0.2) is 9.48 Å². The first-order valence-electron chi connectivity index (χ1n) is 10.8. The number of carbonyl (C=O) groups excluding carboxylic acids is 1. The molecule has 1 atom stereocenters. The number of unbranched alkanes of at least 4 members (excludes halogenated alkanes) is 9. The summed E-state index contributed by atoms with van der Waals surface area (Å²) in [6.45, 7) is 3.17. The van der Waals surface area contributed by atoms with Gasteiger partial charge in [0, 0.05) is 13.0 Å². The Kier molecular flexibility index (Phi) is 12.7. The van der Waals surface area contributed by atoms with Crippen LogP contribution in [0.15, 0.2) is 29.5 Å². The van der Waals surface area contributed by atoms with Crippen LogP contribution in [0.4, 0.5) is 0 Å². The maximum absolute atomic E-state index is 11.1. The molecule has 5 heteroatoms. The van der Waals surface area contributed by atoms with Crippen molar-refractivity contribution in [2.45, 2.75) is 84.0 Å². The zero-order valence-electron chi connectivity index (χ0n) is 17.2. The fourth-order valence-electron chi connectivity index (χ4n) is 3.62. The molecule has 27 heavy (non-hydrogen) atoms. The van der Waals surface area contributed by atoms with Crippen molar-refractivity contribution in [2.75, 3.05) is 19.6 Å². The number of amidine groups is 1. The van der Waals surface area contributed by atoms with Gasteiger partial charge in [0.2, 0.25) is 5.84 Å². The molecular formula is C22H39N3O2. The third kappa shape index (κ3) is 9.87. The minimum atomic E-state index is -1.06. The van der Waals surface area contributed by atoms with Crippen molar-refractivity contribution in [3.63, 3.8) is 0 Å². The Morgan fingerprint density at radius 1 is 1.07 bits per heavy atom. The summed E-state index contributed by atoms with van der Waals surface area (Å²) in [5.74, 6) is -0.146. The van der Waals surface area contributed by atoms with E-state index in [4.69, 9.17) is 5.73 Å². The molecule has 154 valence electrons. The lowest BCUT2D eigenvalue weighted by atomic mass is 10.1. The molecule has 0 spiro atoms. The molecule has 0 aromatic heterocycles. The quantitative estimate of drug-likeness (QED) is 0.239. The smallest absolute Gasteiger partial charge is 0.207 e. The number of carboxylic acids is 1. The van der Waals surface area contributed by atoms with Gasteiger partial charge in [-0.1, -0.05) is 57.6 Å². The number of hydrogen-bond acceptors (Lipinski definition) is 4. The molecule has 0 radical (unpaired) electrons. The van der Waals surface area contributed by atoms with Crippen LogP contribution in [0.2, 0.25) is 0 Å². The average molecular weight is 378 g/mol. The first kappa shape index (κ1) is 23.6. The maximum Gasteiger partial charge on any atom is 0.207 e. The van der Waals surface area contributed by atoms with Crippen LogP contribution < -0.4 is 10.8 Å². The molecule has 0 amide bonds. The summed E-state index contributed by atoms with van der Waals surface area (Å²) in [4.78, 5) is 15.5. The summed E-state index contributed by atoms with van der Waals surface area (Å²) in [6.07, 6.45) is 22.8. The molecule has 0 bridgehead atoms. The van der Waals surface area contributed by atoms with Crippen LogP contribution in [-0.4, -0.2) is 35.9 Å². The molecule has 1 aliphatic rings. The number of allylic oxidation sites excluding steroid dienone is 2. The minimum absolute atomic E-state index is 0.0736. The monoisotopic (exact) mass is 377 g/mol. The van der Waals surface area contributed by atoms with E-state index in [0.29, 0.717) is 13.1 Å². The van der Waals surface area contributed by atoms with Gasteiger partial charge in [-0.15, -0.1) is 0 Å². The van der Waals surface area contributed by atoms with Gasteiger partial charge in [0.1, 0.15) is 19.3 Å². The molecule has 0 saturated carbocycles. The van der Waals surface area contributed by atoms with E-state index in [2.05, 4.69) is 24.1 Å². The molecule has 1 rings (SSSR count). The van der Waals surface area contributed by atoms with E-state index in [0.717, 1.165) is 31.5 Å². The number of hydrogen-bond donors (Lipinski definition) is 1.